The molecule has 0 aromatic carbocycles. The van der Waals surface area contributed by atoms with Crippen molar-refractivity contribution in [3.63, 3.8) is 0 Å². The van der Waals surface area contributed by atoms with Gasteiger partial charge in [-0.2, -0.15) is 19.6 Å². The van der Waals surface area contributed by atoms with Gasteiger partial charge in [0.05, 0.1) is 0 Å². The first-order chi connectivity index (χ1) is 10.7. The summed E-state index contributed by atoms with van der Waals surface area (Å²) in [6, 6.07) is 0. The van der Waals surface area contributed by atoms with Crippen LogP contribution in [-0.4, -0.2) is 24.0 Å². The minimum atomic E-state index is -0.829. The van der Waals surface area contributed by atoms with Gasteiger partial charge in [0.1, 0.15) is 0 Å². The zero-order chi connectivity index (χ0) is 15.5. The van der Waals surface area contributed by atoms with Gasteiger partial charge in [0.2, 0.25) is 17.5 Å². The maximum Gasteiger partial charge on any atom is 0.234 e. The topological polar surface area (TPSA) is 66.0 Å². The highest BCUT2D eigenvalue weighted by Crippen LogP contribution is 2.44. The van der Waals surface area contributed by atoms with E-state index in [0.717, 1.165) is 51.5 Å². The summed E-state index contributed by atoms with van der Waals surface area (Å²) in [6.07, 6.45) is 8.62. The van der Waals surface area contributed by atoms with Gasteiger partial charge < -0.3 is 5.32 Å². The van der Waals surface area contributed by atoms with E-state index in [1.165, 1.54) is 6.42 Å². The molecule has 126 valence electrons. The standard InChI is InChI=1S/C16H27NO5/c1-2-12-17-14(18)13-6-10-16(11-7-13)21-19-15(20-22-16)8-4-3-5-9-15/h13H,2-12H2,1H3,(H,17,18). The molecule has 2 aliphatic carbocycles. The van der Waals surface area contributed by atoms with Crippen LogP contribution < -0.4 is 5.32 Å². The number of nitrogens with one attached hydrogen (secondary N) is 1. The molecule has 1 N–H and O–H groups in total. The van der Waals surface area contributed by atoms with Crippen LogP contribution in [0.5, 0.6) is 0 Å². The number of carbonyl (C=O) groups excluding carboxylic acids is 1. The van der Waals surface area contributed by atoms with Crippen molar-refractivity contribution in [2.75, 3.05) is 6.54 Å². The summed E-state index contributed by atoms with van der Waals surface area (Å²) in [5.74, 6) is -1.36. The van der Waals surface area contributed by atoms with Crippen LogP contribution in [0.4, 0.5) is 0 Å². The van der Waals surface area contributed by atoms with Crippen molar-refractivity contribution in [2.45, 2.75) is 82.7 Å². The summed E-state index contributed by atoms with van der Waals surface area (Å²) in [4.78, 5) is 34.5. The van der Waals surface area contributed by atoms with E-state index in [2.05, 4.69) is 12.2 Å². The van der Waals surface area contributed by atoms with E-state index in [4.69, 9.17) is 19.6 Å². The van der Waals surface area contributed by atoms with Crippen molar-refractivity contribution in [2.24, 2.45) is 5.92 Å². The highest BCUT2D eigenvalue weighted by molar-refractivity contribution is 5.78. The zero-order valence-electron chi connectivity index (χ0n) is 13.4. The van der Waals surface area contributed by atoms with Crippen LogP contribution in [0, 0.1) is 5.92 Å². The molecule has 0 atom stereocenters. The SMILES string of the molecule is CCCNC(=O)C1CCC2(CC1)OOC1(CCCCC1)OO2. The highest BCUT2D eigenvalue weighted by Gasteiger charge is 2.51. The molecule has 3 aliphatic rings. The second kappa shape index (κ2) is 6.83. The summed E-state index contributed by atoms with van der Waals surface area (Å²) in [7, 11) is 0. The predicted octanol–water partition coefficient (Wildman–Crippen LogP) is 2.97. The molecule has 0 bridgehead atoms. The van der Waals surface area contributed by atoms with E-state index in [1.54, 1.807) is 0 Å². The van der Waals surface area contributed by atoms with Crippen molar-refractivity contribution in [1.29, 1.82) is 0 Å². The third kappa shape index (κ3) is 3.45. The van der Waals surface area contributed by atoms with E-state index in [0.29, 0.717) is 12.8 Å². The molecule has 6 heteroatoms. The summed E-state index contributed by atoms with van der Waals surface area (Å²) in [6.45, 7) is 2.79. The molecule has 1 saturated heterocycles. The maximum atomic E-state index is 12.0. The smallest absolute Gasteiger partial charge is 0.234 e. The normalized spacial score (nSPS) is 27.9. The molecule has 1 aliphatic heterocycles. The summed E-state index contributed by atoms with van der Waals surface area (Å²) in [5.41, 5.74) is 0. The first-order valence-electron chi connectivity index (χ1n) is 8.68. The molecular weight excluding hydrogens is 286 g/mol. The Kier molecular flexibility index (Phi) is 5.02. The zero-order valence-corrected chi connectivity index (χ0v) is 13.4. The second-order valence-corrected chi connectivity index (χ2v) is 6.78. The molecule has 6 nitrogen and oxygen atoms in total. The fraction of sp³-hybridized carbons (Fsp3) is 0.938. The van der Waals surface area contributed by atoms with Gasteiger partial charge in [0.15, 0.2) is 0 Å². The van der Waals surface area contributed by atoms with Gasteiger partial charge in [-0.15, -0.1) is 0 Å². The lowest BCUT2D eigenvalue weighted by Gasteiger charge is -2.46. The average molecular weight is 313 g/mol. The van der Waals surface area contributed by atoms with E-state index < -0.39 is 11.6 Å². The Morgan fingerprint density at radius 1 is 0.955 bits per heavy atom. The molecule has 3 rings (SSSR count). The van der Waals surface area contributed by atoms with Crippen LogP contribution >= 0.6 is 0 Å². The number of hydrogen-bond acceptors (Lipinski definition) is 5. The van der Waals surface area contributed by atoms with Gasteiger partial charge in [-0.1, -0.05) is 13.3 Å². The van der Waals surface area contributed by atoms with E-state index in [1.807, 2.05) is 0 Å². The molecule has 3 fully saturated rings. The third-order valence-corrected chi connectivity index (χ3v) is 4.97. The molecule has 0 unspecified atom stereocenters. The third-order valence-electron chi connectivity index (χ3n) is 4.97. The van der Waals surface area contributed by atoms with Crippen LogP contribution in [0.15, 0.2) is 0 Å². The van der Waals surface area contributed by atoms with Crippen LogP contribution in [0.2, 0.25) is 0 Å². The largest absolute Gasteiger partial charge is 0.356 e. The van der Waals surface area contributed by atoms with E-state index >= 15 is 0 Å². The van der Waals surface area contributed by atoms with Crippen molar-refractivity contribution in [3.05, 3.63) is 0 Å². The first-order valence-corrected chi connectivity index (χ1v) is 8.68. The van der Waals surface area contributed by atoms with Crippen molar-refractivity contribution < 1.29 is 24.3 Å². The van der Waals surface area contributed by atoms with Gasteiger partial charge in [0.25, 0.3) is 0 Å². The van der Waals surface area contributed by atoms with E-state index in [-0.39, 0.29) is 11.8 Å². The molecule has 1 heterocycles. The van der Waals surface area contributed by atoms with Crippen molar-refractivity contribution in [1.82, 2.24) is 5.32 Å². The molecular formula is C16H27NO5. The number of amides is 1. The Morgan fingerprint density at radius 3 is 2.05 bits per heavy atom. The first kappa shape index (κ1) is 16.2. The fourth-order valence-corrected chi connectivity index (χ4v) is 3.47. The lowest BCUT2D eigenvalue weighted by molar-refractivity contribution is -0.662. The van der Waals surface area contributed by atoms with Gasteiger partial charge in [-0.05, 0) is 32.1 Å². The molecule has 0 radical (unpaired) electrons. The van der Waals surface area contributed by atoms with Crippen molar-refractivity contribution in [3.8, 4) is 0 Å². The number of carbonyl (C=O) groups is 1. The minimum Gasteiger partial charge on any atom is -0.356 e. The second-order valence-electron chi connectivity index (χ2n) is 6.78. The predicted molar refractivity (Wildman–Crippen MR) is 78.1 cm³/mol. The summed E-state index contributed by atoms with van der Waals surface area (Å²) < 4.78 is 0. The molecule has 2 spiro atoms. The van der Waals surface area contributed by atoms with Gasteiger partial charge in [-0.3, -0.25) is 4.79 Å². The molecule has 22 heavy (non-hydrogen) atoms. The quantitative estimate of drug-likeness (QED) is 0.811. The van der Waals surface area contributed by atoms with Gasteiger partial charge in [0, 0.05) is 38.1 Å². The summed E-state index contributed by atoms with van der Waals surface area (Å²) in [5, 5.41) is 2.96. The van der Waals surface area contributed by atoms with Crippen LogP contribution in [0.3, 0.4) is 0 Å². The molecule has 2 saturated carbocycles. The number of hydrogen-bond donors (Lipinski definition) is 1. The molecule has 0 aromatic rings. The molecule has 1 amide bonds. The Morgan fingerprint density at radius 2 is 1.50 bits per heavy atom. The Labute approximate surface area is 131 Å². The Hall–Kier alpha value is -0.690. The van der Waals surface area contributed by atoms with Crippen LogP contribution in [0.25, 0.3) is 0 Å². The Balaban J connectivity index is 1.48. The monoisotopic (exact) mass is 313 g/mol. The Bertz CT molecular complexity index is 374. The minimum absolute atomic E-state index is 0.0370. The fourth-order valence-electron chi connectivity index (χ4n) is 3.47. The van der Waals surface area contributed by atoms with Crippen LogP contribution in [0.1, 0.15) is 71.1 Å². The average Bonchev–Trinajstić information content (AvgIpc) is 2.57. The maximum absolute atomic E-state index is 12.0. The lowest BCUT2D eigenvalue weighted by Crippen LogP contribution is -2.53. The van der Waals surface area contributed by atoms with Crippen molar-refractivity contribution >= 4 is 5.91 Å². The highest BCUT2D eigenvalue weighted by atomic mass is 17.4. The van der Waals surface area contributed by atoms with Crippen LogP contribution in [-0.2, 0) is 24.3 Å². The van der Waals surface area contributed by atoms with Gasteiger partial charge in [-0.25, -0.2) is 0 Å². The lowest BCUT2D eigenvalue weighted by atomic mass is 9.84. The molecule has 0 aromatic heterocycles. The summed E-state index contributed by atoms with van der Waals surface area (Å²) >= 11 is 0. The van der Waals surface area contributed by atoms with Gasteiger partial charge >= 0.3 is 0 Å². The number of rotatable bonds is 3. The van der Waals surface area contributed by atoms with E-state index in [9.17, 15) is 4.79 Å².